The lowest BCUT2D eigenvalue weighted by atomic mass is 10.1. The molecule has 26 heavy (non-hydrogen) atoms. The number of nitrogens with zero attached hydrogens (tertiary/aromatic N) is 2. The molecule has 2 aromatic rings. The van der Waals surface area contributed by atoms with Gasteiger partial charge < -0.3 is 9.47 Å². The molecule has 0 bridgehead atoms. The fraction of sp³-hybridized carbons (Fsp3) is 0.474. The highest BCUT2D eigenvalue weighted by Crippen LogP contribution is 2.17. The molecule has 1 aromatic carbocycles. The highest BCUT2D eigenvalue weighted by Gasteiger charge is 2.20. The molecule has 0 fully saturated rings. The third kappa shape index (κ3) is 3.61. The molecule has 1 aliphatic rings. The van der Waals surface area contributed by atoms with Gasteiger partial charge in [0.2, 0.25) is 0 Å². The Hall–Kier alpha value is -2.70. The van der Waals surface area contributed by atoms with Gasteiger partial charge in [-0.15, -0.1) is 0 Å². The van der Waals surface area contributed by atoms with Gasteiger partial charge in [-0.25, -0.2) is 14.6 Å². The van der Waals surface area contributed by atoms with Crippen molar-refractivity contribution in [1.29, 1.82) is 0 Å². The first-order valence-corrected chi connectivity index (χ1v) is 8.83. The van der Waals surface area contributed by atoms with Gasteiger partial charge in [-0.3, -0.25) is 9.36 Å². The fourth-order valence-corrected chi connectivity index (χ4v) is 3.16. The SMILES string of the molecule is COC(=O)[C@H](C)OC(=O)c1ccc2c(=O)n3c(nc2c1)CCCCCC3. The normalized spacial score (nSPS) is 15.5. The van der Waals surface area contributed by atoms with E-state index < -0.39 is 18.0 Å². The minimum absolute atomic E-state index is 0.0743. The summed E-state index contributed by atoms with van der Waals surface area (Å²) < 4.78 is 11.4. The number of rotatable bonds is 3. The minimum Gasteiger partial charge on any atom is -0.466 e. The first kappa shape index (κ1) is 18.1. The number of hydrogen-bond acceptors (Lipinski definition) is 6. The number of methoxy groups -OCH3 is 1. The van der Waals surface area contributed by atoms with Gasteiger partial charge in [0.25, 0.3) is 5.56 Å². The summed E-state index contributed by atoms with van der Waals surface area (Å²) in [5.74, 6) is -0.522. The van der Waals surface area contributed by atoms with E-state index in [1.165, 1.54) is 20.1 Å². The van der Waals surface area contributed by atoms with E-state index in [1.54, 1.807) is 16.7 Å². The largest absolute Gasteiger partial charge is 0.466 e. The van der Waals surface area contributed by atoms with Crippen molar-refractivity contribution in [2.75, 3.05) is 7.11 Å². The Kier molecular flexibility index (Phi) is 5.35. The third-order valence-electron chi connectivity index (χ3n) is 4.62. The maximum atomic E-state index is 12.8. The molecule has 7 heteroatoms. The molecule has 138 valence electrons. The van der Waals surface area contributed by atoms with Crippen LogP contribution in [0.5, 0.6) is 0 Å². The van der Waals surface area contributed by atoms with E-state index in [0.29, 0.717) is 17.4 Å². The molecule has 0 aliphatic carbocycles. The van der Waals surface area contributed by atoms with Crippen LogP contribution in [-0.2, 0) is 27.2 Å². The molecular formula is C19H22N2O5. The molecule has 1 aromatic heterocycles. The lowest BCUT2D eigenvalue weighted by Gasteiger charge is -2.16. The number of esters is 2. The zero-order valence-electron chi connectivity index (χ0n) is 15.0. The molecule has 0 radical (unpaired) electrons. The Morgan fingerprint density at radius 2 is 1.96 bits per heavy atom. The van der Waals surface area contributed by atoms with Crippen molar-refractivity contribution in [2.45, 2.75) is 51.7 Å². The van der Waals surface area contributed by atoms with Crippen molar-refractivity contribution in [3.05, 3.63) is 39.9 Å². The van der Waals surface area contributed by atoms with Crippen LogP contribution < -0.4 is 5.56 Å². The fourth-order valence-electron chi connectivity index (χ4n) is 3.16. The standard InChI is InChI=1S/C19H22N2O5/c1-12(18(23)25-2)26-19(24)13-8-9-14-15(11-13)20-16-7-5-3-4-6-10-21(16)17(14)22/h8-9,11-12H,3-7,10H2,1-2H3/t12-/m0/s1. The van der Waals surface area contributed by atoms with Crippen molar-refractivity contribution < 1.29 is 19.1 Å². The Balaban J connectivity index is 1.95. The zero-order valence-corrected chi connectivity index (χ0v) is 15.0. The van der Waals surface area contributed by atoms with E-state index >= 15 is 0 Å². The minimum atomic E-state index is -1.00. The van der Waals surface area contributed by atoms with Gasteiger partial charge >= 0.3 is 11.9 Å². The first-order valence-electron chi connectivity index (χ1n) is 8.83. The van der Waals surface area contributed by atoms with Gasteiger partial charge in [0.1, 0.15) is 5.82 Å². The number of aromatic nitrogens is 2. The summed E-state index contributed by atoms with van der Waals surface area (Å²) in [5, 5.41) is 0.479. The predicted molar refractivity (Wildman–Crippen MR) is 95.1 cm³/mol. The topological polar surface area (TPSA) is 87.5 Å². The van der Waals surface area contributed by atoms with Gasteiger partial charge in [0.15, 0.2) is 6.10 Å². The van der Waals surface area contributed by atoms with Crippen LogP contribution in [-0.4, -0.2) is 34.7 Å². The number of ether oxygens (including phenoxy) is 2. The van der Waals surface area contributed by atoms with E-state index in [0.717, 1.165) is 37.9 Å². The monoisotopic (exact) mass is 358 g/mol. The first-order chi connectivity index (χ1) is 12.5. The molecule has 1 aliphatic heterocycles. The number of benzene rings is 1. The van der Waals surface area contributed by atoms with Crippen molar-refractivity contribution in [1.82, 2.24) is 9.55 Å². The summed E-state index contributed by atoms with van der Waals surface area (Å²) >= 11 is 0. The number of carbonyl (C=O) groups is 2. The second kappa shape index (κ2) is 7.68. The Morgan fingerprint density at radius 3 is 2.73 bits per heavy atom. The van der Waals surface area contributed by atoms with Crippen LogP contribution >= 0.6 is 0 Å². The van der Waals surface area contributed by atoms with Crippen LogP contribution in [0.1, 0.15) is 48.8 Å². The second-order valence-electron chi connectivity index (χ2n) is 6.45. The van der Waals surface area contributed by atoms with Crippen LogP contribution in [0, 0.1) is 0 Å². The molecule has 0 saturated heterocycles. The van der Waals surface area contributed by atoms with Gasteiger partial charge in [-0.1, -0.05) is 12.8 Å². The second-order valence-corrected chi connectivity index (χ2v) is 6.45. The quantitative estimate of drug-likeness (QED) is 0.782. The molecule has 3 rings (SSSR count). The summed E-state index contributed by atoms with van der Waals surface area (Å²) in [4.78, 5) is 41.0. The summed E-state index contributed by atoms with van der Waals surface area (Å²) in [6, 6.07) is 4.66. The van der Waals surface area contributed by atoms with Crippen LogP contribution in [0.15, 0.2) is 23.0 Å². The number of carbonyl (C=O) groups excluding carboxylic acids is 2. The highest BCUT2D eigenvalue weighted by atomic mass is 16.6. The van der Waals surface area contributed by atoms with Crippen LogP contribution in [0.3, 0.4) is 0 Å². The average Bonchev–Trinajstić information content (AvgIpc) is 2.62. The number of aryl methyl sites for hydroxylation is 1. The van der Waals surface area contributed by atoms with E-state index in [-0.39, 0.29) is 11.1 Å². The van der Waals surface area contributed by atoms with Crippen molar-refractivity contribution in [2.24, 2.45) is 0 Å². The highest BCUT2D eigenvalue weighted by molar-refractivity contribution is 5.95. The molecule has 0 saturated carbocycles. The van der Waals surface area contributed by atoms with Crippen LogP contribution in [0.25, 0.3) is 10.9 Å². The maximum absolute atomic E-state index is 12.8. The smallest absolute Gasteiger partial charge is 0.346 e. The summed E-state index contributed by atoms with van der Waals surface area (Å²) in [7, 11) is 1.23. The third-order valence-corrected chi connectivity index (χ3v) is 4.62. The molecular weight excluding hydrogens is 336 g/mol. The molecule has 0 N–H and O–H groups in total. The predicted octanol–water partition coefficient (Wildman–Crippen LogP) is 2.23. The lowest BCUT2D eigenvalue weighted by Crippen LogP contribution is -2.27. The molecule has 0 unspecified atom stereocenters. The maximum Gasteiger partial charge on any atom is 0.346 e. The Bertz CT molecular complexity index is 903. The van der Waals surface area contributed by atoms with Crippen molar-refractivity contribution in [3.8, 4) is 0 Å². The molecule has 2 heterocycles. The van der Waals surface area contributed by atoms with E-state index in [2.05, 4.69) is 9.72 Å². The number of fused-ring (bicyclic) bond motifs is 2. The summed E-state index contributed by atoms with van der Waals surface area (Å²) in [6.45, 7) is 2.12. The van der Waals surface area contributed by atoms with Crippen molar-refractivity contribution in [3.63, 3.8) is 0 Å². The van der Waals surface area contributed by atoms with E-state index in [4.69, 9.17) is 4.74 Å². The van der Waals surface area contributed by atoms with Gasteiger partial charge in [-0.05, 0) is 38.0 Å². The molecule has 1 atom stereocenters. The zero-order chi connectivity index (χ0) is 18.7. The van der Waals surface area contributed by atoms with Crippen LogP contribution in [0.2, 0.25) is 0 Å². The van der Waals surface area contributed by atoms with Crippen LogP contribution in [0.4, 0.5) is 0 Å². The van der Waals surface area contributed by atoms with E-state index in [9.17, 15) is 14.4 Å². The molecule has 7 nitrogen and oxygen atoms in total. The Labute approximate surface area is 150 Å². The lowest BCUT2D eigenvalue weighted by molar-refractivity contribution is -0.149. The van der Waals surface area contributed by atoms with Gasteiger partial charge in [0.05, 0.1) is 23.6 Å². The van der Waals surface area contributed by atoms with E-state index in [1.807, 2.05) is 0 Å². The van der Waals surface area contributed by atoms with Gasteiger partial charge in [-0.2, -0.15) is 0 Å². The molecule has 0 amide bonds. The van der Waals surface area contributed by atoms with Gasteiger partial charge in [0, 0.05) is 13.0 Å². The summed E-state index contributed by atoms with van der Waals surface area (Å²) in [6.07, 6.45) is 3.96. The average molecular weight is 358 g/mol. The van der Waals surface area contributed by atoms with Crippen molar-refractivity contribution >= 4 is 22.8 Å². The number of hydrogen-bond donors (Lipinski definition) is 0. The Morgan fingerprint density at radius 1 is 1.19 bits per heavy atom. The molecule has 0 spiro atoms. The summed E-state index contributed by atoms with van der Waals surface area (Å²) in [5.41, 5.74) is 0.646.